The first-order chi connectivity index (χ1) is 35.1. The Kier molecular flexibility index (Phi) is 38.0. The summed E-state index contributed by atoms with van der Waals surface area (Å²) >= 11 is 0. The molecular weight excluding hydrogens is 988 g/mol. The Bertz CT molecular complexity index is 1650. The van der Waals surface area contributed by atoms with Gasteiger partial charge in [-0.25, -0.2) is 14.2 Å². The van der Waals surface area contributed by atoms with Crippen molar-refractivity contribution >= 4 is 43.9 Å². The van der Waals surface area contributed by atoms with E-state index in [0.29, 0.717) is 19.3 Å². The third-order valence-corrected chi connectivity index (χ3v) is 13.8. The van der Waals surface area contributed by atoms with E-state index < -0.39 is 98.8 Å². The highest BCUT2D eigenvalue weighted by atomic mass is 31.2. The number of carboxylic acids is 2. The molecule has 3 N–H and O–H groups in total. The van der Waals surface area contributed by atoms with Crippen LogP contribution in [-0.4, -0.2) is 123 Å². The molecule has 0 aromatic rings. The second-order valence-corrected chi connectivity index (χ2v) is 24.3. The average Bonchev–Trinajstić information content (AvgIpc) is 3.29. The van der Waals surface area contributed by atoms with Crippen molar-refractivity contribution in [2.75, 3.05) is 32.9 Å². The van der Waals surface area contributed by atoms with Crippen molar-refractivity contribution < 1.29 is 76.4 Å². The van der Waals surface area contributed by atoms with Crippen LogP contribution in [0, 0.1) is 17.8 Å². The summed E-state index contributed by atoms with van der Waals surface area (Å²) in [7, 11) is -5.07. The number of carbonyl (C=O) groups excluding carboxylic acids is 4. The fourth-order valence-corrected chi connectivity index (χ4v) is 9.36. The molecule has 0 aromatic carbocycles. The van der Waals surface area contributed by atoms with Gasteiger partial charge < -0.3 is 43.9 Å². The van der Waals surface area contributed by atoms with E-state index in [9.17, 15) is 48.4 Å². The number of nitrogens with zero attached hydrogens (tertiary/aromatic N) is 2. The molecule has 75 heavy (non-hydrogen) atoms. The van der Waals surface area contributed by atoms with Crippen molar-refractivity contribution in [3.8, 4) is 0 Å². The summed E-state index contributed by atoms with van der Waals surface area (Å²) in [6.07, 6.45) is 18.2. The molecule has 0 bridgehead atoms. The highest BCUT2D eigenvalue weighted by molar-refractivity contribution is 7.47. The van der Waals surface area contributed by atoms with Crippen molar-refractivity contribution in [1.29, 1.82) is 0 Å². The molecule has 0 rings (SSSR count). The topological polar surface area (TPSA) is 242 Å². The number of amides is 2. The first-order valence-electron chi connectivity index (χ1n) is 28.5. The Morgan fingerprint density at radius 3 is 1.29 bits per heavy atom. The molecule has 0 aromatic heterocycles. The van der Waals surface area contributed by atoms with Crippen molar-refractivity contribution in [2.45, 2.75) is 273 Å². The number of esters is 2. The molecule has 0 saturated carbocycles. The van der Waals surface area contributed by atoms with Gasteiger partial charge in [0.15, 0.2) is 6.10 Å². The van der Waals surface area contributed by atoms with E-state index in [2.05, 4.69) is 13.8 Å². The van der Waals surface area contributed by atoms with Gasteiger partial charge in [-0.15, -0.1) is 0 Å². The van der Waals surface area contributed by atoms with Gasteiger partial charge in [0.2, 0.25) is 0 Å². The minimum absolute atomic E-state index is 0.0680. The third kappa shape index (κ3) is 37.9. The molecule has 2 amide bonds. The van der Waals surface area contributed by atoms with Crippen molar-refractivity contribution in [2.24, 2.45) is 17.8 Å². The number of hydrogen-bond donors (Lipinski definition) is 3. The van der Waals surface area contributed by atoms with Crippen molar-refractivity contribution in [3.05, 3.63) is 0 Å². The minimum Gasteiger partial charge on any atom is -0.481 e. The Labute approximate surface area is 452 Å². The summed E-state index contributed by atoms with van der Waals surface area (Å²) in [5.74, 6) is -6.85. The first-order valence-corrected chi connectivity index (χ1v) is 30.0. The molecule has 0 radical (unpaired) electrons. The van der Waals surface area contributed by atoms with Gasteiger partial charge >= 0.3 is 43.9 Å². The van der Waals surface area contributed by atoms with Crippen LogP contribution in [0.1, 0.15) is 244 Å². The maximum Gasteiger partial charge on any atom is 0.472 e. The summed E-state index contributed by atoms with van der Waals surface area (Å²) in [6.45, 7) is 19.4. The van der Waals surface area contributed by atoms with E-state index in [1.807, 2.05) is 0 Å². The smallest absolute Gasteiger partial charge is 0.472 e. The zero-order valence-corrected chi connectivity index (χ0v) is 49.6. The van der Waals surface area contributed by atoms with Crippen LogP contribution in [0.3, 0.4) is 0 Å². The number of carboxylic acid groups (broad SMARTS) is 2. The van der Waals surface area contributed by atoms with Crippen LogP contribution < -0.4 is 0 Å². The standard InChI is InChI=1S/C56H105N2O16P/c1-13-15-17-19-21-23-25-27-29-31-33-45(51(61)62)39-46(48(52(63)64)34-32-30-28-26-24-22-20-18-16-14-2)40-70-75(67,68)71-42-47(72-50(60)36-38-58(44(5)6)54(66)74-56(10,11)12)41-69-49(59)35-37-57(43(3)4)53(65)73-55(7,8)9/h43-48H,13-42H2,1-12H3,(H,61,62)(H,63,64)(H,67,68). The van der Waals surface area contributed by atoms with Gasteiger partial charge in [-0.2, -0.15) is 0 Å². The van der Waals surface area contributed by atoms with Gasteiger partial charge in [0, 0.05) is 25.2 Å². The lowest BCUT2D eigenvalue weighted by atomic mass is 9.80. The predicted molar refractivity (Wildman–Crippen MR) is 291 cm³/mol. The summed E-state index contributed by atoms with van der Waals surface area (Å²) in [4.78, 5) is 91.5. The van der Waals surface area contributed by atoms with Gasteiger partial charge in [0.1, 0.15) is 17.8 Å². The van der Waals surface area contributed by atoms with E-state index in [1.54, 1.807) is 69.2 Å². The summed E-state index contributed by atoms with van der Waals surface area (Å²) in [5, 5.41) is 20.9. The maximum atomic E-state index is 13.6. The number of hydrogen-bond acceptors (Lipinski definition) is 13. The van der Waals surface area contributed by atoms with Crippen LogP contribution >= 0.6 is 7.82 Å². The quantitative estimate of drug-likeness (QED) is 0.0222. The molecule has 5 unspecified atom stereocenters. The first kappa shape index (κ1) is 71.5. The fraction of sp³-hybridized carbons (Fsp3) is 0.893. The Hall–Kier alpha value is -3.47. The highest BCUT2D eigenvalue weighted by Crippen LogP contribution is 2.45. The van der Waals surface area contributed by atoms with Crippen LogP contribution in [0.15, 0.2) is 0 Å². The monoisotopic (exact) mass is 1090 g/mol. The van der Waals surface area contributed by atoms with Crippen LogP contribution in [0.4, 0.5) is 9.59 Å². The number of rotatable bonds is 44. The number of phosphoric ester groups is 1. The fourth-order valence-electron chi connectivity index (χ4n) is 8.56. The average molecular weight is 1090 g/mol. The molecule has 0 fully saturated rings. The third-order valence-electron chi connectivity index (χ3n) is 12.8. The van der Waals surface area contributed by atoms with Crippen LogP contribution in [0.25, 0.3) is 0 Å². The lowest BCUT2D eigenvalue weighted by Gasteiger charge is -2.30. The minimum atomic E-state index is -5.07. The number of ether oxygens (including phenoxy) is 4. The molecule has 0 saturated heterocycles. The highest BCUT2D eigenvalue weighted by Gasteiger charge is 2.36. The Balaban J connectivity index is 6.30. The molecule has 0 aliphatic rings. The molecule has 19 heteroatoms. The van der Waals surface area contributed by atoms with Gasteiger partial charge in [0.25, 0.3) is 0 Å². The summed E-state index contributed by atoms with van der Waals surface area (Å²) in [6, 6.07) is -0.689. The molecule has 5 atom stereocenters. The Morgan fingerprint density at radius 2 is 0.907 bits per heavy atom. The second kappa shape index (κ2) is 39.8. The van der Waals surface area contributed by atoms with Gasteiger partial charge in [-0.1, -0.05) is 142 Å². The zero-order chi connectivity index (χ0) is 57.0. The predicted octanol–water partition coefficient (Wildman–Crippen LogP) is 13.7. The van der Waals surface area contributed by atoms with Gasteiger partial charge in [-0.05, 0) is 94.4 Å². The molecule has 0 heterocycles. The van der Waals surface area contributed by atoms with Crippen LogP contribution in [0.5, 0.6) is 0 Å². The number of unbranched alkanes of at least 4 members (excludes halogenated alkanes) is 18. The second-order valence-electron chi connectivity index (χ2n) is 22.8. The van der Waals surface area contributed by atoms with E-state index in [1.165, 1.54) is 67.6 Å². The maximum absolute atomic E-state index is 13.6. The number of carbonyl (C=O) groups is 6. The van der Waals surface area contributed by atoms with Crippen LogP contribution in [0.2, 0.25) is 0 Å². The summed E-state index contributed by atoms with van der Waals surface area (Å²) < 4.78 is 46.5. The summed E-state index contributed by atoms with van der Waals surface area (Å²) in [5.41, 5.74) is -1.59. The van der Waals surface area contributed by atoms with E-state index in [0.717, 1.165) is 57.8 Å². The van der Waals surface area contributed by atoms with E-state index in [4.69, 9.17) is 28.0 Å². The molecular formula is C56H105N2O16P. The molecule has 0 aliphatic heterocycles. The lowest BCUT2D eigenvalue weighted by molar-refractivity contribution is -0.161. The molecule has 0 aliphatic carbocycles. The van der Waals surface area contributed by atoms with Crippen molar-refractivity contribution in [1.82, 2.24) is 9.80 Å². The van der Waals surface area contributed by atoms with E-state index >= 15 is 0 Å². The molecule has 440 valence electrons. The van der Waals surface area contributed by atoms with Crippen molar-refractivity contribution in [3.63, 3.8) is 0 Å². The largest absolute Gasteiger partial charge is 0.481 e. The van der Waals surface area contributed by atoms with Gasteiger partial charge in [-0.3, -0.25) is 28.2 Å². The Morgan fingerprint density at radius 1 is 0.520 bits per heavy atom. The SMILES string of the molecule is CCCCCCCCCCCCC(CC(COP(=O)(O)OCC(COC(=O)CCN(C(=O)OC(C)(C)C)C(C)C)OC(=O)CCN(C(=O)OC(C)(C)C)C(C)C)C(CCCCCCCCCCCC)C(=O)O)C(=O)O. The number of aliphatic carboxylic acids is 2. The lowest BCUT2D eigenvalue weighted by Crippen LogP contribution is -2.42. The van der Waals surface area contributed by atoms with Crippen LogP contribution in [-0.2, 0) is 51.7 Å². The molecule has 0 spiro atoms. The van der Waals surface area contributed by atoms with E-state index in [-0.39, 0.29) is 50.9 Å². The zero-order valence-electron chi connectivity index (χ0n) is 48.7. The molecule has 18 nitrogen and oxygen atoms in total. The number of phosphoric acid groups is 1. The van der Waals surface area contributed by atoms with Gasteiger partial charge in [0.05, 0.1) is 37.9 Å². The normalized spacial score (nSPS) is 14.4.